The number of nitrogens with one attached hydrogen (secondary N) is 1. The number of amides is 1. The number of hydrogen-bond acceptors (Lipinski definition) is 3. The quantitative estimate of drug-likeness (QED) is 0.803. The van der Waals surface area contributed by atoms with E-state index in [1.807, 2.05) is 20.8 Å². The summed E-state index contributed by atoms with van der Waals surface area (Å²) in [5.41, 5.74) is 5.79. The van der Waals surface area contributed by atoms with E-state index in [1.165, 1.54) is 25.7 Å². The van der Waals surface area contributed by atoms with Crippen LogP contribution < -0.4 is 11.1 Å². The molecule has 5 heteroatoms. The van der Waals surface area contributed by atoms with E-state index in [4.69, 9.17) is 10.5 Å². The van der Waals surface area contributed by atoms with E-state index in [0.717, 1.165) is 6.54 Å². The Bertz CT molecular complexity index is 415. The molecule has 0 aromatic carbocycles. The molecule has 0 saturated heterocycles. The van der Waals surface area contributed by atoms with Gasteiger partial charge in [-0.2, -0.15) is 0 Å². The summed E-state index contributed by atoms with van der Waals surface area (Å²) in [6.45, 7) is 12.2. The Hall–Kier alpha value is -0.320. The lowest BCUT2D eigenvalue weighted by Gasteiger charge is -2.57. The standard InChI is InChI=1S/C18H34N2O2.ClH/c1-6-22-14-11-18(19,17(14,4)5)15(21)20-12-13-7-9-16(2,3)10-8-13;/h13-14H,6-12,19H2,1-5H3,(H,20,21);1H. The Morgan fingerprint density at radius 1 is 1.22 bits per heavy atom. The molecule has 0 spiro atoms. The topological polar surface area (TPSA) is 64.3 Å². The first-order valence-corrected chi connectivity index (χ1v) is 8.81. The van der Waals surface area contributed by atoms with Gasteiger partial charge in [0.2, 0.25) is 5.91 Å². The number of halogens is 1. The molecule has 0 heterocycles. The molecule has 136 valence electrons. The SMILES string of the molecule is CCOC1CC(N)(C(=O)NCC2CCC(C)(C)CC2)C1(C)C.Cl. The predicted octanol–water partition coefficient (Wildman–Crippen LogP) is 3.27. The molecule has 2 atom stereocenters. The molecule has 0 bridgehead atoms. The number of rotatable bonds is 5. The third-order valence-electron chi connectivity index (χ3n) is 6.25. The van der Waals surface area contributed by atoms with Crippen molar-refractivity contribution in [2.75, 3.05) is 13.2 Å². The molecule has 1 amide bonds. The van der Waals surface area contributed by atoms with Gasteiger partial charge in [0, 0.05) is 25.0 Å². The molecule has 0 radical (unpaired) electrons. The summed E-state index contributed by atoms with van der Waals surface area (Å²) in [7, 11) is 0. The molecule has 2 aliphatic rings. The first kappa shape index (κ1) is 20.7. The normalized spacial score (nSPS) is 32.5. The lowest BCUT2D eigenvalue weighted by molar-refractivity contribution is -0.170. The van der Waals surface area contributed by atoms with Crippen molar-refractivity contribution in [2.24, 2.45) is 22.5 Å². The zero-order chi connectivity index (χ0) is 16.6. The Labute approximate surface area is 147 Å². The van der Waals surface area contributed by atoms with Gasteiger partial charge in [0.15, 0.2) is 0 Å². The average Bonchev–Trinajstić information content (AvgIpc) is 2.45. The van der Waals surface area contributed by atoms with E-state index < -0.39 is 5.54 Å². The number of hydrogen-bond donors (Lipinski definition) is 2. The van der Waals surface area contributed by atoms with Gasteiger partial charge in [-0.3, -0.25) is 4.79 Å². The van der Waals surface area contributed by atoms with Gasteiger partial charge in [0.1, 0.15) is 5.54 Å². The fourth-order valence-electron chi connectivity index (χ4n) is 3.88. The molecule has 2 fully saturated rings. The highest BCUT2D eigenvalue weighted by molar-refractivity contribution is 5.88. The largest absolute Gasteiger partial charge is 0.378 e. The van der Waals surface area contributed by atoms with Crippen LogP contribution in [-0.2, 0) is 9.53 Å². The van der Waals surface area contributed by atoms with Gasteiger partial charge in [0.25, 0.3) is 0 Å². The van der Waals surface area contributed by atoms with Gasteiger partial charge in [0.05, 0.1) is 6.10 Å². The maximum Gasteiger partial charge on any atom is 0.240 e. The zero-order valence-corrected chi connectivity index (χ0v) is 16.2. The van der Waals surface area contributed by atoms with Crippen molar-refractivity contribution in [3.8, 4) is 0 Å². The van der Waals surface area contributed by atoms with Crippen LogP contribution in [0.5, 0.6) is 0 Å². The van der Waals surface area contributed by atoms with E-state index in [-0.39, 0.29) is 29.8 Å². The number of ether oxygens (including phenoxy) is 1. The zero-order valence-electron chi connectivity index (χ0n) is 15.4. The molecular weight excluding hydrogens is 312 g/mol. The Morgan fingerprint density at radius 2 is 1.78 bits per heavy atom. The Morgan fingerprint density at radius 3 is 2.26 bits per heavy atom. The predicted molar refractivity (Wildman–Crippen MR) is 96.7 cm³/mol. The molecule has 0 aromatic rings. The summed E-state index contributed by atoms with van der Waals surface area (Å²) >= 11 is 0. The summed E-state index contributed by atoms with van der Waals surface area (Å²) in [6, 6.07) is 0. The monoisotopic (exact) mass is 346 g/mol. The van der Waals surface area contributed by atoms with Crippen LogP contribution in [0, 0.1) is 16.7 Å². The van der Waals surface area contributed by atoms with Gasteiger partial charge >= 0.3 is 0 Å². The fraction of sp³-hybridized carbons (Fsp3) is 0.944. The molecular formula is C18H35ClN2O2. The molecule has 2 aliphatic carbocycles. The van der Waals surface area contributed by atoms with Crippen LogP contribution in [0.4, 0.5) is 0 Å². The summed E-state index contributed by atoms with van der Waals surface area (Å²) in [5, 5.41) is 3.12. The molecule has 2 rings (SSSR count). The van der Waals surface area contributed by atoms with E-state index >= 15 is 0 Å². The third-order valence-corrected chi connectivity index (χ3v) is 6.25. The van der Waals surface area contributed by atoms with Crippen molar-refractivity contribution in [1.82, 2.24) is 5.32 Å². The second-order valence-corrected chi connectivity index (χ2v) is 8.66. The summed E-state index contributed by atoms with van der Waals surface area (Å²) in [6.07, 6.45) is 5.62. The van der Waals surface area contributed by atoms with Crippen molar-refractivity contribution in [3.05, 3.63) is 0 Å². The maximum atomic E-state index is 12.6. The van der Waals surface area contributed by atoms with Crippen LogP contribution in [0.1, 0.15) is 66.7 Å². The number of carbonyl (C=O) groups is 1. The second kappa shape index (κ2) is 7.28. The lowest BCUT2D eigenvalue weighted by atomic mass is 9.54. The minimum atomic E-state index is -0.791. The Balaban J connectivity index is 0.00000264. The van der Waals surface area contributed by atoms with Crippen molar-refractivity contribution in [1.29, 1.82) is 0 Å². The summed E-state index contributed by atoms with van der Waals surface area (Å²) in [4.78, 5) is 12.6. The molecule has 2 unspecified atom stereocenters. The first-order valence-electron chi connectivity index (χ1n) is 8.81. The van der Waals surface area contributed by atoms with E-state index in [9.17, 15) is 4.79 Å². The minimum Gasteiger partial charge on any atom is -0.378 e. The number of nitrogens with two attached hydrogens (primary N) is 1. The van der Waals surface area contributed by atoms with Crippen molar-refractivity contribution < 1.29 is 9.53 Å². The number of carbonyl (C=O) groups excluding carboxylic acids is 1. The van der Waals surface area contributed by atoms with Crippen LogP contribution in [-0.4, -0.2) is 30.7 Å². The van der Waals surface area contributed by atoms with Gasteiger partial charge in [-0.15, -0.1) is 12.4 Å². The van der Waals surface area contributed by atoms with Crippen LogP contribution in [0.2, 0.25) is 0 Å². The summed E-state index contributed by atoms with van der Waals surface area (Å²) in [5.74, 6) is 0.602. The average molecular weight is 347 g/mol. The molecule has 2 saturated carbocycles. The van der Waals surface area contributed by atoms with E-state index in [1.54, 1.807) is 0 Å². The van der Waals surface area contributed by atoms with Crippen molar-refractivity contribution in [3.63, 3.8) is 0 Å². The van der Waals surface area contributed by atoms with Crippen molar-refractivity contribution >= 4 is 18.3 Å². The third kappa shape index (κ3) is 4.02. The van der Waals surface area contributed by atoms with Crippen LogP contribution in [0.3, 0.4) is 0 Å². The van der Waals surface area contributed by atoms with Crippen LogP contribution in [0.25, 0.3) is 0 Å². The van der Waals surface area contributed by atoms with Gasteiger partial charge in [-0.05, 0) is 43.9 Å². The lowest BCUT2D eigenvalue weighted by Crippen LogP contribution is -2.75. The van der Waals surface area contributed by atoms with Gasteiger partial charge in [-0.1, -0.05) is 27.7 Å². The fourth-order valence-corrected chi connectivity index (χ4v) is 3.88. The van der Waals surface area contributed by atoms with Crippen LogP contribution >= 0.6 is 12.4 Å². The highest BCUT2D eigenvalue weighted by Gasteiger charge is 2.62. The first-order chi connectivity index (χ1) is 10.1. The Kier molecular flexibility index (Phi) is 6.56. The smallest absolute Gasteiger partial charge is 0.240 e. The van der Waals surface area contributed by atoms with E-state index in [0.29, 0.717) is 24.4 Å². The molecule has 0 aliphatic heterocycles. The van der Waals surface area contributed by atoms with Crippen molar-refractivity contribution in [2.45, 2.75) is 78.4 Å². The molecule has 0 aromatic heterocycles. The minimum absolute atomic E-state index is 0. The highest BCUT2D eigenvalue weighted by atomic mass is 35.5. The summed E-state index contributed by atoms with van der Waals surface area (Å²) < 4.78 is 5.70. The van der Waals surface area contributed by atoms with Crippen LogP contribution in [0.15, 0.2) is 0 Å². The second-order valence-electron chi connectivity index (χ2n) is 8.66. The van der Waals surface area contributed by atoms with Gasteiger partial charge in [-0.25, -0.2) is 0 Å². The van der Waals surface area contributed by atoms with Gasteiger partial charge < -0.3 is 15.8 Å². The highest BCUT2D eigenvalue weighted by Crippen LogP contribution is 2.49. The molecule has 3 N–H and O–H groups in total. The maximum absolute atomic E-state index is 12.6. The molecule has 23 heavy (non-hydrogen) atoms. The van der Waals surface area contributed by atoms with E-state index in [2.05, 4.69) is 19.2 Å². The molecule has 4 nitrogen and oxygen atoms in total.